The molecule has 4 atom stereocenters. The molecule has 0 saturated carbocycles. The van der Waals surface area contributed by atoms with E-state index in [4.69, 9.17) is 9.07 Å². The Balaban J connectivity index is 1.45. The van der Waals surface area contributed by atoms with Gasteiger partial charge in [-0.25, -0.2) is 4.90 Å². The number of aliphatic hydroxyl groups excluding tert-OH is 1. The van der Waals surface area contributed by atoms with Gasteiger partial charge in [0.15, 0.2) is 0 Å². The fraction of sp³-hybridized carbons (Fsp3) is 0.467. The number of imide groups is 1. The van der Waals surface area contributed by atoms with Crippen LogP contribution in [0.5, 0.6) is 0 Å². The number of benzene rings is 1. The fourth-order valence-electron chi connectivity index (χ4n) is 6.68. The molecule has 1 aromatic carbocycles. The molecule has 1 aliphatic carbocycles. The summed E-state index contributed by atoms with van der Waals surface area (Å²) in [6, 6.07) is 9.15. The minimum atomic E-state index is -1.08. The van der Waals surface area contributed by atoms with Crippen LogP contribution in [0.4, 0.5) is 11.4 Å². The third-order valence-electron chi connectivity index (χ3n) is 8.61. The number of hydrogen-bond acceptors (Lipinski definition) is 8. The fourth-order valence-corrected chi connectivity index (χ4v) is 6.68. The molecule has 10 nitrogen and oxygen atoms in total. The minimum Gasteiger partial charge on any atom is -0.459 e. The van der Waals surface area contributed by atoms with Crippen molar-refractivity contribution in [2.24, 2.45) is 23.7 Å². The van der Waals surface area contributed by atoms with Crippen LogP contribution in [0.15, 0.2) is 57.5 Å². The number of non-ortho nitro benzene ring substituents is 1. The Morgan fingerprint density at radius 3 is 2.66 bits per heavy atom. The summed E-state index contributed by atoms with van der Waals surface area (Å²) in [4.78, 5) is 39.5. The van der Waals surface area contributed by atoms with Crippen LogP contribution in [0.25, 0.3) is 6.08 Å². The lowest BCUT2D eigenvalue weighted by atomic mass is 9.57. The van der Waals surface area contributed by atoms with Crippen LogP contribution in [-0.4, -0.2) is 40.1 Å². The first-order valence-electron chi connectivity index (χ1n) is 14.2. The van der Waals surface area contributed by atoms with Gasteiger partial charge < -0.3 is 19.2 Å². The summed E-state index contributed by atoms with van der Waals surface area (Å²) in [6.07, 6.45) is 4.19. The second-order valence-corrected chi connectivity index (χ2v) is 11.3. The molecule has 2 amide bonds. The average Bonchev–Trinajstić information content (AvgIpc) is 3.51. The number of nitro groups is 1. The van der Waals surface area contributed by atoms with Gasteiger partial charge >= 0.3 is 7.12 Å². The number of fused-ring (bicyclic) bond motifs is 3. The third kappa shape index (κ3) is 5.53. The summed E-state index contributed by atoms with van der Waals surface area (Å²) in [5.74, 6) is -1.11. The van der Waals surface area contributed by atoms with E-state index >= 15 is 0 Å². The maximum absolute atomic E-state index is 13.9. The monoisotopic (exact) mass is 562 g/mol. The number of nitrogens with zero attached hydrogens (tertiary/aromatic N) is 2. The largest absolute Gasteiger partial charge is 0.459 e. The van der Waals surface area contributed by atoms with Crippen molar-refractivity contribution in [1.82, 2.24) is 0 Å². The molecular formula is C30H35BN2O8. The number of rotatable bonds is 9. The van der Waals surface area contributed by atoms with E-state index in [1.165, 1.54) is 18.2 Å². The first kappa shape index (κ1) is 29.0. The standard InChI is InChI=1S/C30H35BN2O8/c1-4-18(12-21-9-10-22(16-34)40-21)8-11-26-27-23(17(2)3)14-24-28(25(27)15-31(37)41-26)30(36)32(29(24)35)19-6-5-7-20(13-19)33(38)39/h5-7,9-10,12-13,17,24-26,28,34,37H,4,8,11,14-16H2,1-3H3/b18-12+/t24-,25+,26-,28-/m1/s1. The number of furan rings is 1. The highest BCUT2D eigenvalue weighted by Gasteiger charge is 2.57. The Labute approximate surface area is 239 Å². The summed E-state index contributed by atoms with van der Waals surface area (Å²) in [5.41, 5.74) is 3.21. The Hall–Kier alpha value is -3.54. The maximum atomic E-state index is 13.9. The second kappa shape index (κ2) is 11.8. The molecule has 2 fully saturated rings. The van der Waals surface area contributed by atoms with E-state index in [-0.39, 0.29) is 48.0 Å². The van der Waals surface area contributed by atoms with Crippen molar-refractivity contribution in [2.75, 3.05) is 4.90 Å². The van der Waals surface area contributed by atoms with Crippen LogP contribution in [-0.2, 0) is 20.9 Å². The molecule has 2 aromatic rings. The Morgan fingerprint density at radius 1 is 1.22 bits per heavy atom. The zero-order valence-corrected chi connectivity index (χ0v) is 23.5. The third-order valence-corrected chi connectivity index (χ3v) is 8.61. The topological polar surface area (TPSA) is 143 Å². The highest BCUT2D eigenvalue weighted by Crippen LogP contribution is 2.52. The van der Waals surface area contributed by atoms with Gasteiger partial charge in [-0.05, 0) is 73.7 Å². The molecule has 1 aromatic heterocycles. The number of allylic oxidation sites excluding steroid dienone is 2. The first-order valence-corrected chi connectivity index (χ1v) is 14.2. The smallest absolute Gasteiger partial charge is 0.455 e. The molecule has 0 spiro atoms. The second-order valence-electron chi connectivity index (χ2n) is 11.3. The minimum absolute atomic E-state index is 0.103. The van der Waals surface area contributed by atoms with E-state index in [1.807, 2.05) is 12.1 Å². The molecule has 3 heterocycles. The quantitative estimate of drug-likeness (QED) is 0.144. The molecule has 0 bridgehead atoms. The summed E-state index contributed by atoms with van der Waals surface area (Å²) in [6.45, 7) is 6.01. The van der Waals surface area contributed by atoms with Gasteiger partial charge in [-0.2, -0.15) is 0 Å². The van der Waals surface area contributed by atoms with Gasteiger partial charge in [-0.1, -0.05) is 38.0 Å². The zero-order chi connectivity index (χ0) is 29.4. The molecule has 2 saturated heterocycles. The highest BCUT2D eigenvalue weighted by molar-refractivity contribution is 6.43. The molecule has 216 valence electrons. The maximum Gasteiger partial charge on any atom is 0.455 e. The summed E-state index contributed by atoms with van der Waals surface area (Å²) in [7, 11) is -1.08. The highest BCUT2D eigenvalue weighted by atomic mass is 16.6. The molecule has 41 heavy (non-hydrogen) atoms. The summed E-state index contributed by atoms with van der Waals surface area (Å²) in [5, 5.41) is 31.5. The Morgan fingerprint density at radius 2 is 2.00 bits per heavy atom. The van der Waals surface area contributed by atoms with Crippen molar-refractivity contribution in [3.05, 3.63) is 74.8 Å². The van der Waals surface area contributed by atoms with E-state index in [0.29, 0.717) is 30.8 Å². The van der Waals surface area contributed by atoms with E-state index < -0.39 is 30.0 Å². The summed E-state index contributed by atoms with van der Waals surface area (Å²) >= 11 is 0. The van der Waals surface area contributed by atoms with Crippen LogP contribution in [0.1, 0.15) is 58.0 Å². The van der Waals surface area contributed by atoms with Crippen molar-refractivity contribution in [3.8, 4) is 0 Å². The van der Waals surface area contributed by atoms with Gasteiger partial charge in [-0.15, -0.1) is 0 Å². The Bertz CT molecular complexity index is 1410. The predicted molar refractivity (Wildman–Crippen MR) is 152 cm³/mol. The van der Waals surface area contributed by atoms with E-state index in [2.05, 4.69) is 20.8 Å². The van der Waals surface area contributed by atoms with Gasteiger partial charge in [-0.3, -0.25) is 19.7 Å². The van der Waals surface area contributed by atoms with Gasteiger partial charge in [0.1, 0.15) is 18.1 Å². The number of nitro benzene ring substituents is 1. The van der Waals surface area contributed by atoms with Crippen molar-refractivity contribution >= 4 is 36.4 Å². The molecule has 11 heteroatoms. The lowest BCUT2D eigenvalue weighted by molar-refractivity contribution is -0.384. The van der Waals surface area contributed by atoms with E-state index in [0.717, 1.165) is 28.0 Å². The SMILES string of the molecule is CC/C(=C\c1ccc(CO)o1)CC[C@H]1OB(O)C[C@H]2C1=C(C(C)C)C[C@H]1C(=O)N(c3cccc([N+](=O)[O-])c3)C(=O)[C@H]12. The van der Waals surface area contributed by atoms with Crippen LogP contribution >= 0.6 is 0 Å². The normalized spacial score (nSPS) is 24.8. The van der Waals surface area contributed by atoms with Gasteiger partial charge in [0.05, 0.1) is 28.6 Å². The zero-order valence-electron chi connectivity index (χ0n) is 23.5. The average molecular weight is 562 g/mol. The molecular weight excluding hydrogens is 527 g/mol. The molecule has 3 aliphatic rings. The van der Waals surface area contributed by atoms with Gasteiger partial charge in [0.2, 0.25) is 11.8 Å². The number of carbonyl (C=O) groups is 2. The molecule has 0 unspecified atom stereocenters. The van der Waals surface area contributed by atoms with Crippen LogP contribution in [0.3, 0.4) is 0 Å². The van der Waals surface area contributed by atoms with Crippen molar-refractivity contribution < 1.29 is 33.7 Å². The van der Waals surface area contributed by atoms with E-state index in [9.17, 15) is 29.8 Å². The lowest BCUT2D eigenvalue weighted by Crippen LogP contribution is -2.46. The summed E-state index contributed by atoms with van der Waals surface area (Å²) < 4.78 is 11.7. The molecule has 2 aliphatic heterocycles. The number of hydrogen-bond donors (Lipinski definition) is 2. The van der Waals surface area contributed by atoms with Crippen LogP contribution < -0.4 is 4.90 Å². The van der Waals surface area contributed by atoms with Crippen LogP contribution in [0, 0.1) is 33.8 Å². The number of anilines is 1. The van der Waals surface area contributed by atoms with E-state index in [1.54, 1.807) is 12.1 Å². The molecule has 0 radical (unpaired) electrons. The van der Waals surface area contributed by atoms with Crippen molar-refractivity contribution in [1.29, 1.82) is 0 Å². The van der Waals surface area contributed by atoms with Crippen molar-refractivity contribution in [3.63, 3.8) is 0 Å². The first-order chi connectivity index (χ1) is 19.6. The molecule has 5 rings (SSSR count). The number of aliphatic hydroxyl groups is 1. The van der Waals surface area contributed by atoms with Gasteiger partial charge in [0, 0.05) is 12.1 Å². The Kier molecular flexibility index (Phi) is 8.31. The number of carbonyl (C=O) groups excluding carboxylic acids is 2. The predicted octanol–water partition coefficient (Wildman–Crippen LogP) is 4.91. The molecule has 2 N–H and O–H groups in total. The van der Waals surface area contributed by atoms with Crippen LogP contribution in [0.2, 0.25) is 6.32 Å². The van der Waals surface area contributed by atoms with Crippen molar-refractivity contribution in [2.45, 2.75) is 65.5 Å². The lowest BCUT2D eigenvalue weighted by Gasteiger charge is -2.44. The number of amides is 2. The van der Waals surface area contributed by atoms with Gasteiger partial charge in [0.25, 0.3) is 5.69 Å².